The summed E-state index contributed by atoms with van der Waals surface area (Å²) in [5.41, 5.74) is 3.91. The number of anilines is 1. The van der Waals surface area contributed by atoms with E-state index < -0.39 is 33.6 Å². The zero-order chi connectivity index (χ0) is 15.8. The maximum atomic E-state index is 13.6. The molecule has 0 aromatic heterocycles. The molecule has 1 aromatic rings. The quantitative estimate of drug-likeness (QED) is 0.316. The van der Waals surface area contributed by atoms with Crippen LogP contribution in [-0.4, -0.2) is 44.3 Å². The molecule has 0 saturated carbocycles. The van der Waals surface area contributed by atoms with Crippen LogP contribution in [0.25, 0.3) is 0 Å². The normalized spacial score (nSPS) is 10.4. The van der Waals surface area contributed by atoms with Gasteiger partial charge in [0.1, 0.15) is 17.1 Å². The first kappa shape index (κ1) is 16.8. The van der Waals surface area contributed by atoms with Crippen LogP contribution in [0.1, 0.15) is 10.4 Å². The van der Waals surface area contributed by atoms with E-state index in [1.54, 1.807) is 0 Å². The number of nitrogens with two attached hydrogens (primary N) is 1. The Hall–Kier alpha value is -2.26. The van der Waals surface area contributed by atoms with Crippen molar-refractivity contribution >= 4 is 17.3 Å². The van der Waals surface area contributed by atoms with Gasteiger partial charge in [-0.05, 0) is 6.07 Å². The third kappa shape index (κ3) is 4.65. The van der Waals surface area contributed by atoms with Crippen molar-refractivity contribution in [3.05, 3.63) is 33.6 Å². The molecule has 0 bridgehead atoms. The molecule has 8 nitrogen and oxygen atoms in total. The summed E-state index contributed by atoms with van der Waals surface area (Å²) in [4.78, 5) is 21.7. The minimum Gasteiger partial charge on any atom is -0.392 e. The van der Waals surface area contributed by atoms with Crippen molar-refractivity contribution in [1.29, 1.82) is 0 Å². The molecule has 0 saturated heterocycles. The highest BCUT2D eigenvalue weighted by atomic mass is 19.1. The lowest BCUT2D eigenvalue weighted by Crippen LogP contribution is -2.29. The lowest BCUT2D eigenvalue weighted by Gasteiger charge is -2.09. The maximum absolute atomic E-state index is 13.6. The molecule has 0 aliphatic carbocycles. The van der Waals surface area contributed by atoms with Crippen molar-refractivity contribution in [3.8, 4) is 0 Å². The Morgan fingerprint density at radius 3 is 2.76 bits per heavy atom. The predicted molar refractivity (Wildman–Crippen MR) is 72.5 cm³/mol. The second-order valence-corrected chi connectivity index (χ2v) is 3.97. The Morgan fingerprint density at radius 2 is 2.14 bits per heavy atom. The smallest absolute Gasteiger partial charge is 0.293 e. The molecule has 1 aromatic carbocycles. The second kappa shape index (κ2) is 8.12. The molecule has 0 atom stereocenters. The molecule has 21 heavy (non-hydrogen) atoms. The number of ether oxygens (including phenoxy) is 2. The molecule has 0 heterocycles. The van der Waals surface area contributed by atoms with Crippen LogP contribution in [0, 0.1) is 15.9 Å². The summed E-state index contributed by atoms with van der Waals surface area (Å²) >= 11 is 0. The number of nitro benzene ring substituents is 1. The van der Waals surface area contributed by atoms with E-state index in [1.165, 1.54) is 7.11 Å². The van der Waals surface area contributed by atoms with Gasteiger partial charge in [0.15, 0.2) is 0 Å². The Labute approximate surface area is 120 Å². The van der Waals surface area contributed by atoms with Crippen molar-refractivity contribution in [1.82, 2.24) is 5.32 Å². The van der Waals surface area contributed by atoms with Crippen LogP contribution >= 0.6 is 0 Å². The summed E-state index contributed by atoms with van der Waals surface area (Å²) in [6.45, 7) is 1.09. The first-order chi connectivity index (χ1) is 9.99. The molecule has 0 aliphatic rings. The molecular weight excluding hydrogens is 285 g/mol. The minimum atomic E-state index is -0.920. The molecule has 3 N–H and O–H groups in total. The second-order valence-electron chi connectivity index (χ2n) is 3.97. The van der Waals surface area contributed by atoms with E-state index in [1.807, 2.05) is 0 Å². The van der Waals surface area contributed by atoms with Gasteiger partial charge in [0.05, 0.1) is 24.7 Å². The number of carbonyl (C=O) groups excluding carboxylic acids is 1. The van der Waals surface area contributed by atoms with Gasteiger partial charge in [0.2, 0.25) is 0 Å². The summed E-state index contributed by atoms with van der Waals surface area (Å²) in [6.07, 6.45) is 0. The van der Waals surface area contributed by atoms with E-state index in [0.717, 1.165) is 12.1 Å². The molecule has 1 rings (SSSR count). The predicted octanol–water partition coefficient (Wildman–Crippen LogP) is 0.709. The molecule has 116 valence electrons. The van der Waals surface area contributed by atoms with Crippen molar-refractivity contribution in [3.63, 3.8) is 0 Å². The Kier molecular flexibility index (Phi) is 6.50. The van der Waals surface area contributed by atoms with Gasteiger partial charge in [-0.3, -0.25) is 14.9 Å². The summed E-state index contributed by atoms with van der Waals surface area (Å²) in [7, 11) is 1.53. The fourth-order valence-electron chi connectivity index (χ4n) is 1.54. The van der Waals surface area contributed by atoms with Crippen LogP contribution in [0.15, 0.2) is 12.1 Å². The molecule has 9 heteroatoms. The number of benzene rings is 1. The number of carbonyl (C=O) groups is 1. The van der Waals surface area contributed by atoms with E-state index >= 15 is 0 Å². The number of amides is 1. The number of nitro groups is 1. The molecule has 0 spiro atoms. The first-order valence-electron chi connectivity index (χ1n) is 6.06. The monoisotopic (exact) mass is 301 g/mol. The lowest BCUT2D eigenvalue weighted by atomic mass is 10.1. The molecule has 0 radical (unpaired) electrons. The SMILES string of the molecule is COCCOCCNC(=O)c1c(F)ccc([N+](=O)[O-])c1N. The van der Waals surface area contributed by atoms with Crippen molar-refractivity contribution in [2.24, 2.45) is 0 Å². The Bertz CT molecular complexity index is 524. The summed E-state index contributed by atoms with van der Waals surface area (Å²) in [5.74, 6) is -1.75. The average Bonchev–Trinajstić information content (AvgIpc) is 2.42. The first-order valence-corrected chi connectivity index (χ1v) is 6.06. The number of methoxy groups -OCH3 is 1. The topological polar surface area (TPSA) is 117 Å². The molecule has 0 aliphatic heterocycles. The third-order valence-electron chi connectivity index (χ3n) is 2.56. The van der Waals surface area contributed by atoms with Gasteiger partial charge in [-0.25, -0.2) is 4.39 Å². The van der Waals surface area contributed by atoms with E-state index in [9.17, 15) is 19.3 Å². The third-order valence-corrected chi connectivity index (χ3v) is 2.56. The number of rotatable bonds is 8. The number of nitrogens with zero attached hydrogens (tertiary/aromatic N) is 1. The van der Waals surface area contributed by atoms with Gasteiger partial charge in [0.25, 0.3) is 11.6 Å². The largest absolute Gasteiger partial charge is 0.392 e. The Balaban J connectivity index is 2.66. The Morgan fingerprint density at radius 1 is 1.43 bits per heavy atom. The zero-order valence-corrected chi connectivity index (χ0v) is 11.4. The van der Waals surface area contributed by atoms with Gasteiger partial charge in [-0.2, -0.15) is 0 Å². The van der Waals surface area contributed by atoms with Gasteiger partial charge in [0, 0.05) is 19.7 Å². The summed E-state index contributed by atoms with van der Waals surface area (Å²) in [6, 6.07) is 1.74. The number of hydrogen-bond acceptors (Lipinski definition) is 6. The van der Waals surface area contributed by atoms with Crippen LogP contribution in [0.3, 0.4) is 0 Å². The highest BCUT2D eigenvalue weighted by molar-refractivity contribution is 6.01. The number of hydrogen-bond donors (Lipinski definition) is 2. The van der Waals surface area contributed by atoms with Crippen molar-refractivity contribution in [2.45, 2.75) is 0 Å². The zero-order valence-electron chi connectivity index (χ0n) is 11.4. The number of halogens is 1. The fraction of sp³-hybridized carbons (Fsp3) is 0.417. The average molecular weight is 301 g/mol. The van der Waals surface area contributed by atoms with Crippen LogP contribution in [0.4, 0.5) is 15.8 Å². The van der Waals surface area contributed by atoms with Gasteiger partial charge in [-0.1, -0.05) is 0 Å². The van der Waals surface area contributed by atoms with E-state index in [-0.39, 0.29) is 13.2 Å². The molecular formula is C12H16FN3O5. The van der Waals surface area contributed by atoms with Crippen molar-refractivity contribution < 1.29 is 23.6 Å². The highest BCUT2D eigenvalue weighted by Gasteiger charge is 2.23. The molecule has 0 unspecified atom stereocenters. The number of nitrogen functional groups attached to an aromatic ring is 1. The fourth-order valence-corrected chi connectivity index (χ4v) is 1.54. The van der Waals surface area contributed by atoms with E-state index in [4.69, 9.17) is 15.2 Å². The highest BCUT2D eigenvalue weighted by Crippen LogP contribution is 2.27. The summed E-state index contributed by atoms with van der Waals surface area (Å²) < 4.78 is 23.5. The van der Waals surface area contributed by atoms with E-state index in [0.29, 0.717) is 13.2 Å². The number of nitrogens with one attached hydrogen (secondary N) is 1. The maximum Gasteiger partial charge on any atom is 0.293 e. The van der Waals surface area contributed by atoms with Crippen LogP contribution in [-0.2, 0) is 9.47 Å². The van der Waals surface area contributed by atoms with Gasteiger partial charge < -0.3 is 20.5 Å². The van der Waals surface area contributed by atoms with Gasteiger partial charge in [-0.15, -0.1) is 0 Å². The molecule has 0 fully saturated rings. The minimum absolute atomic E-state index is 0.115. The van der Waals surface area contributed by atoms with Gasteiger partial charge >= 0.3 is 0 Å². The standard InChI is InChI=1S/C12H16FN3O5/c1-20-6-7-21-5-4-15-12(17)10-8(13)2-3-9(11(10)14)16(18)19/h2-3H,4-7,14H2,1H3,(H,15,17). The van der Waals surface area contributed by atoms with Crippen LogP contribution in [0.2, 0.25) is 0 Å². The van der Waals surface area contributed by atoms with E-state index in [2.05, 4.69) is 5.32 Å². The molecule has 1 amide bonds. The van der Waals surface area contributed by atoms with Crippen LogP contribution in [0.5, 0.6) is 0 Å². The summed E-state index contributed by atoms with van der Waals surface area (Å²) in [5, 5.41) is 13.1. The lowest BCUT2D eigenvalue weighted by molar-refractivity contribution is -0.384. The van der Waals surface area contributed by atoms with Crippen molar-refractivity contribution in [2.75, 3.05) is 39.2 Å². The van der Waals surface area contributed by atoms with Crippen LogP contribution < -0.4 is 11.1 Å².